The molecule has 1 aliphatic carbocycles. The van der Waals surface area contributed by atoms with Gasteiger partial charge in [-0.2, -0.15) is 0 Å². The Kier molecular flexibility index (Phi) is 5.16. The van der Waals surface area contributed by atoms with Crippen LogP contribution >= 0.6 is 0 Å². The van der Waals surface area contributed by atoms with E-state index in [1.54, 1.807) is 0 Å². The number of likely N-dealkylation sites (N-methyl/N-ethyl adjacent to an activating group) is 1. The molecule has 1 aromatic heterocycles. The van der Waals surface area contributed by atoms with E-state index in [4.69, 9.17) is 10.5 Å². The van der Waals surface area contributed by atoms with Crippen molar-refractivity contribution in [3.63, 3.8) is 0 Å². The van der Waals surface area contributed by atoms with Crippen molar-refractivity contribution in [1.82, 2.24) is 4.98 Å². The number of anilines is 1. The monoisotopic (exact) mass is 263 g/mol. The maximum atomic E-state index is 5.67. The van der Waals surface area contributed by atoms with E-state index < -0.39 is 0 Å². The molecule has 1 saturated carbocycles. The van der Waals surface area contributed by atoms with Crippen molar-refractivity contribution < 1.29 is 4.74 Å². The number of aryl methyl sites for hydroxylation is 1. The van der Waals surface area contributed by atoms with Gasteiger partial charge in [-0.25, -0.2) is 4.98 Å². The lowest BCUT2D eigenvalue weighted by Gasteiger charge is -2.20. The topological polar surface area (TPSA) is 51.4 Å². The molecular weight excluding hydrogens is 238 g/mol. The number of hydrogen-bond acceptors (Lipinski definition) is 4. The maximum absolute atomic E-state index is 5.67. The summed E-state index contributed by atoms with van der Waals surface area (Å²) in [6.07, 6.45) is 5.51. The van der Waals surface area contributed by atoms with E-state index in [1.807, 2.05) is 6.20 Å². The largest absolute Gasteiger partial charge is 0.379 e. The van der Waals surface area contributed by atoms with Gasteiger partial charge >= 0.3 is 0 Å². The Balaban J connectivity index is 1.81. The molecule has 0 radical (unpaired) electrons. The molecule has 19 heavy (non-hydrogen) atoms. The number of aromatic nitrogens is 1. The van der Waals surface area contributed by atoms with Gasteiger partial charge in [-0.1, -0.05) is 6.07 Å². The van der Waals surface area contributed by atoms with E-state index in [0.717, 1.165) is 37.9 Å². The minimum Gasteiger partial charge on any atom is -0.379 e. The molecule has 106 valence electrons. The molecule has 1 heterocycles. The van der Waals surface area contributed by atoms with Crippen LogP contribution in [0.5, 0.6) is 0 Å². The highest BCUT2D eigenvalue weighted by atomic mass is 16.5. The Hall–Kier alpha value is -1.13. The molecule has 4 heteroatoms. The van der Waals surface area contributed by atoms with Crippen molar-refractivity contribution in [3.05, 3.63) is 23.4 Å². The minimum absolute atomic E-state index is 0.672. The lowest BCUT2D eigenvalue weighted by molar-refractivity contribution is 0.131. The molecule has 0 aliphatic heterocycles. The molecule has 1 aromatic rings. The van der Waals surface area contributed by atoms with E-state index in [-0.39, 0.29) is 0 Å². The van der Waals surface area contributed by atoms with Crippen LogP contribution in [0.15, 0.2) is 12.3 Å². The van der Waals surface area contributed by atoms with Crippen molar-refractivity contribution >= 4 is 5.82 Å². The summed E-state index contributed by atoms with van der Waals surface area (Å²) >= 11 is 0. The Morgan fingerprint density at radius 1 is 1.47 bits per heavy atom. The van der Waals surface area contributed by atoms with Crippen molar-refractivity contribution in [2.45, 2.75) is 26.2 Å². The van der Waals surface area contributed by atoms with Gasteiger partial charge in [0.2, 0.25) is 0 Å². The quantitative estimate of drug-likeness (QED) is 0.726. The third kappa shape index (κ3) is 4.48. The highest BCUT2D eigenvalue weighted by Gasteiger charge is 2.21. The van der Waals surface area contributed by atoms with Gasteiger partial charge < -0.3 is 15.4 Å². The molecule has 0 atom stereocenters. The normalized spacial score (nSPS) is 14.7. The van der Waals surface area contributed by atoms with Crippen LogP contribution in [-0.4, -0.2) is 38.3 Å². The Bertz CT molecular complexity index is 404. The van der Waals surface area contributed by atoms with Crippen LogP contribution in [0.2, 0.25) is 0 Å². The van der Waals surface area contributed by atoms with Crippen molar-refractivity contribution in [1.29, 1.82) is 0 Å². The Morgan fingerprint density at radius 3 is 2.89 bits per heavy atom. The first-order valence-corrected chi connectivity index (χ1v) is 7.15. The highest BCUT2D eigenvalue weighted by Crippen LogP contribution is 2.28. The molecule has 0 spiro atoms. The fourth-order valence-corrected chi connectivity index (χ4v) is 2.17. The van der Waals surface area contributed by atoms with E-state index in [2.05, 4.69) is 29.9 Å². The van der Waals surface area contributed by atoms with E-state index >= 15 is 0 Å². The molecule has 1 aliphatic rings. The maximum Gasteiger partial charge on any atom is 0.131 e. The zero-order chi connectivity index (χ0) is 13.7. The molecule has 4 nitrogen and oxygen atoms in total. The lowest BCUT2D eigenvalue weighted by Crippen LogP contribution is -2.24. The minimum atomic E-state index is 0.672. The summed E-state index contributed by atoms with van der Waals surface area (Å²) in [6.45, 7) is 5.36. The van der Waals surface area contributed by atoms with Crippen LogP contribution in [0.25, 0.3) is 0 Å². The van der Waals surface area contributed by atoms with E-state index in [1.165, 1.54) is 24.0 Å². The molecule has 2 rings (SSSR count). The molecular formula is C15H25N3O. The summed E-state index contributed by atoms with van der Waals surface area (Å²) in [7, 11) is 2.07. The summed E-state index contributed by atoms with van der Waals surface area (Å²) in [6, 6.07) is 2.18. The molecule has 0 amide bonds. The summed E-state index contributed by atoms with van der Waals surface area (Å²) in [4.78, 5) is 6.70. The summed E-state index contributed by atoms with van der Waals surface area (Å²) in [5.41, 5.74) is 7.98. The standard InChI is InChI=1S/C15H25N3O/c1-12-9-14(5-6-16)10-17-15(12)18(2)7-8-19-11-13-3-4-13/h9-10,13H,3-8,11,16H2,1-2H3. The number of pyridine rings is 1. The zero-order valence-electron chi connectivity index (χ0n) is 12.1. The second kappa shape index (κ2) is 6.87. The highest BCUT2D eigenvalue weighted by molar-refractivity contribution is 5.46. The second-order valence-electron chi connectivity index (χ2n) is 5.46. The van der Waals surface area contributed by atoms with Crippen LogP contribution in [0, 0.1) is 12.8 Å². The summed E-state index contributed by atoms with van der Waals surface area (Å²) in [5.74, 6) is 1.87. The number of rotatable bonds is 8. The number of nitrogens with zero attached hydrogens (tertiary/aromatic N) is 2. The SMILES string of the molecule is Cc1cc(CCN)cnc1N(C)CCOCC1CC1. The van der Waals surface area contributed by atoms with Crippen molar-refractivity contribution in [2.24, 2.45) is 11.7 Å². The predicted molar refractivity (Wildman–Crippen MR) is 78.5 cm³/mol. The van der Waals surface area contributed by atoms with Gasteiger partial charge in [-0.3, -0.25) is 0 Å². The molecule has 1 fully saturated rings. The number of hydrogen-bond donors (Lipinski definition) is 1. The average Bonchev–Trinajstić information content (AvgIpc) is 3.19. The molecule has 2 N–H and O–H groups in total. The first-order valence-electron chi connectivity index (χ1n) is 7.15. The summed E-state index contributed by atoms with van der Waals surface area (Å²) in [5, 5.41) is 0. The van der Waals surface area contributed by atoms with Crippen molar-refractivity contribution in [3.8, 4) is 0 Å². The zero-order valence-corrected chi connectivity index (χ0v) is 12.1. The van der Waals surface area contributed by atoms with Crippen LogP contribution in [0.1, 0.15) is 24.0 Å². The lowest BCUT2D eigenvalue weighted by atomic mass is 10.1. The van der Waals surface area contributed by atoms with Gasteiger partial charge in [0.15, 0.2) is 0 Å². The number of ether oxygens (including phenoxy) is 1. The van der Waals surface area contributed by atoms with Crippen LogP contribution in [-0.2, 0) is 11.2 Å². The van der Waals surface area contributed by atoms with Gasteiger partial charge in [0.1, 0.15) is 5.82 Å². The van der Waals surface area contributed by atoms with Gasteiger partial charge in [0.05, 0.1) is 6.61 Å². The smallest absolute Gasteiger partial charge is 0.131 e. The third-order valence-electron chi connectivity index (χ3n) is 3.52. The van der Waals surface area contributed by atoms with Crippen LogP contribution < -0.4 is 10.6 Å². The molecule has 0 bridgehead atoms. The van der Waals surface area contributed by atoms with Crippen LogP contribution in [0.3, 0.4) is 0 Å². The average molecular weight is 263 g/mol. The second-order valence-corrected chi connectivity index (χ2v) is 5.46. The molecule has 0 saturated heterocycles. The molecule has 0 unspecified atom stereocenters. The van der Waals surface area contributed by atoms with Gasteiger partial charge in [0, 0.05) is 26.4 Å². The predicted octanol–water partition coefficient (Wildman–Crippen LogP) is 1.75. The van der Waals surface area contributed by atoms with Gasteiger partial charge in [-0.15, -0.1) is 0 Å². The third-order valence-corrected chi connectivity index (χ3v) is 3.52. The van der Waals surface area contributed by atoms with Crippen LogP contribution in [0.4, 0.5) is 5.82 Å². The Labute approximate surface area is 116 Å². The van der Waals surface area contributed by atoms with Gasteiger partial charge in [0.25, 0.3) is 0 Å². The first kappa shape index (κ1) is 14.3. The van der Waals surface area contributed by atoms with E-state index in [9.17, 15) is 0 Å². The number of nitrogens with two attached hydrogens (primary N) is 1. The van der Waals surface area contributed by atoms with E-state index in [0.29, 0.717) is 6.54 Å². The molecule has 0 aromatic carbocycles. The first-order chi connectivity index (χ1) is 9.20. The summed E-state index contributed by atoms with van der Waals surface area (Å²) < 4.78 is 5.67. The van der Waals surface area contributed by atoms with Crippen molar-refractivity contribution in [2.75, 3.05) is 38.3 Å². The fourth-order valence-electron chi connectivity index (χ4n) is 2.17. The Morgan fingerprint density at radius 2 is 2.26 bits per heavy atom. The fraction of sp³-hybridized carbons (Fsp3) is 0.667. The van der Waals surface area contributed by atoms with Gasteiger partial charge in [-0.05, 0) is 49.8 Å².